The van der Waals surface area contributed by atoms with E-state index in [9.17, 15) is 9.59 Å². The Labute approximate surface area is 174 Å². The molecule has 0 spiro atoms. The molecule has 0 radical (unpaired) electrons. The van der Waals surface area contributed by atoms with Crippen LogP contribution in [0.3, 0.4) is 0 Å². The van der Waals surface area contributed by atoms with E-state index >= 15 is 0 Å². The van der Waals surface area contributed by atoms with Gasteiger partial charge in [-0.1, -0.05) is 35.9 Å². The van der Waals surface area contributed by atoms with Gasteiger partial charge in [0.15, 0.2) is 0 Å². The highest BCUT2D eigenvalue weighted by atomic mass is 35.5. The minimum atomic E-state index is -0.344. The van der Waals surface area contributed by atoms with E-state index in [1.54, 1.807) is 11.0 Å². The number of anilines is 1. The van der Waals surface area contributed by atoms with Crippen LogP contribution in [0.2, 0.25) is 5.02 Å². The van der Waals surface area contributed by atoms with Crippen molar-refractivity contribution in [1.29, 1.82) is 0 Å². The van der Waals surface area contributed by atoms with E-state index in [4.69, 9.17) is 11.6 Å². The van der Waals surface area contributed by atoms with Crippen molar-refractivity contribution in [3.05, 3.63) is 71.4 Å². The molecule has 0 aliphatic carbocycles. The lowest BCUT2D eigenvalue weighted by atomic mass is 10.2. The van der Waals surface area contributed by atoms with Gasteiger partial charge in [0, 0.05) is 42.3 Å². The van der Waals surface area contributed by atoms with Crippen LogP contribution in [0.1, 0.15) is 10.5 Å². The molecule has 1 aliphatic heterocycles. The molecule has 29 heavy (non-hydrogen) atoms. The van der Waals surface area contributed by atoms with Gasteiger partial charge in [-0.3, -0.25) is 9.59 Å². The molecule has 7 heteroatoms. The number of fused-ring (bicyclic) bond motifs is 1. The summed E-state index contributed by atoms with van der Waals surface area (Å²) in [4.78, 5) is 33.2. The van der Waals surface area contributed by atoms with E-state index in [2.05, 4.69) is 15.2 Å². The van der Waals surface area contributed by atoms with Crippen molar-refractivity contribution in [3.8, 4) is 0 Å². The summed E-state index contributed by atoms with van der Waals surface area (Å²) in [6, 6.07) is 18.8. The molecule has 1 saturated heterocycles. The quantitative estimate of drug-likeness (QED) is 0.720. The normalized spacial score (nSPS) is 14.1. The van der Waals surface area contributed by atoms with Crippen molar-refractivity contribution in [3.63, 3.8) is 0 Å². The zero-order chi connectivity index (χ0) is 20.2. The Balaban J connectivity index is 1.29. The van der Waals surface area contributed by atoms with Crippen molar-refractivity contribution in [1.82, 2.24) is 15.2 Å². The summed E-state index contributed by atoms with van der Waals surface area (Å²) in [6.07, 6.45) is 0. The lowest BCUT2D eigenvalue weighted by Gasteiger charge is -2.36. The Bertz CT molecular complexity index is 1030. The Hall–Kier alpha value is -3.12. The van der Waals surface area contributed by atoms with E-state index < -0.39 is 0 Å². The number of hydrogen-bond donors (Lipinski definition) is 1. The van der Waals surface area contributed by atoms with E-state index in [1.165, 1.54) is 0 Å². The van der Waals surface area contributed by atoms with Gasteiger partial charge in [-0.25, -0.2) is 4.98 Å². The predicted octanol–water partition coefficient (Wildman–Crippen LogP) is 2.97. The highest BCUT2D eigenvalue weighted by molar-refractivity contribution is 6.30. The maximum absolute atomic E-state index is 12.5. The Kier molecular flexibility index (Phi) is 5.62. The molecule has 3 aromatic rings. The first-order valence-electron chi connectivity index (χ1n) is 9.52. The van der Waals surface area contributed by atoms with Crippen LogP contribution in [0.15, 0.2) is 60.7 Å². The number of carbonyl (C=O) groups excluding carboxylic acids is 2. The van der Waals surface area contributed by atoms with Crippen molar-refractivity contribution >= 4 is 40.0 Å². The largest absolute Gasteiger partial charge is 0.368 e. The number of pyridine rings is 1. The van der Waals surface area contributed by atoms with Crippen molar-refractivity contribution in [2.75, 3.05) is 37.6 Å². The van der Waals surface area contributed by atoms with Crippen LogP contribution in [0.4, 0.5) is 5.69 Å². The van der Waals surface area contributed by atoms with Crippen molar-refractivity contribution in [2.24, 2.45) is 0 Å². The smallest absolute Gasteiger partial charge is 0.270 e. The third kappa shape index (κ3) is 4.49. The highest BCUT2D eigenvalue weighted by Gasteiger charge is 2.22. The first-order valence-corrected chi connectivity index (χ1v) is 9.90. The third-order valence-electron chi connectivity index (χ3n) is 5.06. The van der Waals surface area contributed by atoms with E-state index in [-0.39, 0.29) is 18.4 Å². The van der Waals surface area contributed by atoms with Crippen molar-refractivity contribution in [2.45, 2.75) is 0 Å². The van der Waals surface area contributed by atoms with Crippen LogP contribution in [0, 0.1) is 0 Å². The molecule has 148 valence electrons. The number of benzene rings is 2. The van der Waals surface area contributed by atoms with Gasteiger partial charge in [0.1, 0.15) is 5.69 Å². The fourth-order valence-corrected chi connectivity index (χ4v) is 3.54. The number of nitrogens with one attached hydrogen (secondary N) is 1. The van der Waals surface area contributed by atoms with Crippen LogP contribution < -0.4 is 10.2 Å². The number of carbonyl (C=O) groups is 2. The molecule has 0 bridgehead atoms. The molecule has 2 heterocycles. The van der Waals surface area contributed by atoms with Crippen molar-refractivity contribution < 1.29 is 9.59 Å². The summed E-state index contributed by atoms with van der Waals surface area (Å²) in [5.74, 6) is -0.432. The molecule has 2 aromatic carbocycles. The second kappa shape index (κ2) is 8.49. The van der Waals surface area contributed by atoms with Gasteiger partial charge in [0.2, 0.25) is 5.91 Å². The number of para-hydroxylation sites is 1. The molecule has 1 aromatic heterocycles. The van der Waals surface area contributed by atoms with Crippen LogP contribution in [0.5, 0.6) is 0 Å². The average Bonchev–Trinajstić information content (AvgIpc) is 2.77. The molecule has 1 N–H and O–H groups in total. The van der Waals surface area contributed by atoms with E-state index in [1.807, 2.05) is 54.6 Å². The molecular formula is C22H21ClN4O2. The van der Waals surface area contributed by atoms with Crippen LogP contribution in [-0.2, 0) is 4.79 Å². The van der Waals surface area contributed by atoms with E-state index in [0.717, 1.165) is 29.7 Å². The third-order valence-corrected chi connectivity index (χ3v) is 5.31. The lowest BCUT2D eigenvalue weighted by molar-refractivity contribution is -0.130. The lowest BCUT2D eigenvalue weighted by Crippen LogP contribution is -2.51. The molecule has 0 atom stereocenters. The summed E-state index contributed by atoms with van der Waals surface area (Å²) in [6.45, 7) is 2.69. The van der Waals surface area contributed by atoms with Gasteiger partial charge in [-0.2, -0.15) is 0 Å². The molecular weight excluding hydrogens is 388 g/mol. The number of hydrogen-bond acceptors (Lipinski definition) is 4. The summed E-state index contributed by atoms with van der Waals surface area (Å²) >= 11 is 5.94. The van der Waals surface area contributed by atoms with Gasteiger partial charge >= 0.3 is 0 Å². The zero-order valence-electron chi connectivity index (χ0n) is 15.8. The first kappa shape index (κ1) is 19.2. The molecule has 4 rings (SSSR count). The first-order chi connectivity index (χ1) is 14.1. The van der Waals surface area contributed by atoms with Gasteiger partial charge in [-0.15, -0.1) is 0 Å². The molecule has 6 nitrogen and oxygen atoms in total. The van der Waals surface area contributed by atoms with Gasteiger partial charge < -0.3 is 15.1 Å². The average molecular weight is 409 g/mol. The number of aromatic nitrogens is 1. The summed E-state index contributed by atoms with van der Waals surface area (Å²) in [5.41, 5.74) is 2.16. The zero-order valence-corrected chi connectivity index (χ0v) is 16.6. The number of nitrogens with zero attached hydrogens (tertiary/aromatic N) is 3. The molecule has 0 saturated carbocycles. The van der Waals surface area contributed by atoms with Gasteiger partial charge in [-0.05, 0) is 36.4 Å². The fraction of sp³-hybridized carbons (Fsp3) is 0.227. The number of piperazine rings is 1. The molecule has 1 aliphatic rings. The number of rotatable bonds is 4. The minimum Gasteiger partial charge on any atom is -0.368 e. The van der Waals surface area contributed by atoms with E-state index in [0.29, 0.717) is 23.8 Å². The maximum Gasteiger partial charge on any atom is 0.270 e. The Morgan fingerprint density at radius 1 is 0.931 bits per heavy atom. The monoisotopic (exact) mass is 408 g/mol. The molecule has 1 fully saturated rings. The SMILES string of the molecule is O=C(NCC(=O)N1CCN(c2ccc(Cl)cc2)CC1)c1ccc2ccccc2n1. The van der Waals surface area contributed by atoms with Gasteiger partial charge in [0.25, 0.3) is 5.91 Å². The van der Waals surface area contributed by atoms with Crippen LogP contribution in [0.25, 0.3) is 10.9 Å². The second-order valence-corrected chi connectivity index (χ2v) is 7.35. The minimum absolute atomic E-state index is 0.0334. The van der Waals surface area contributed by atoms with Gasteiger partial charge in [0.05, 0.1) is 12.1 Å². The number of halogens is 1. The summed E-state index contributed by atoms with van der Waals surface area (Å²) in [7, 11) is 0. The summed E-state index contributed by atoms with van der Waals surface area (Å²) in [5, 5.41) is 4.37. The number of amides is 2. The maximum atomic E-state index is 12.5. The standard InChI is InChI=1S/C22H21ClN4O2/c23-17-6-8-18(9-7-17)26-11-13-27(14-12-26)21(28)15-24-22(29)20-10-5-16-3-1-2-4-19(16)25-20/h1-10H,11-15H2,(H,24,29). The molecule has 2 amide bonds. The topological polar surface area (TPSA) is 65.5 Å². The Morgan fingerprint density at radius 3 is 2.41 bits per heavy atom. The summed E-state index contributed by atoms with van der Waals surface area (Å²) < 4.78 is 0. The predicted molar refractivity (Wildman–Crippen MR) is 114 cm³/mol. The fourth-order valence-electron chi connectivity index (χ4n) is 3.42. The van der Waals surface area contributed by atoms with Crippen LogP contribution >= 0.6 is 11.6 Å². The van der Waals surface area contributed by atoms with Crippen LogP contribution in [-0.4, -0.2) is 54.4 Å². The second-order valence-electron chi connectivity index (χ2n) is 6.92. The highest BCUT2D eigenvalue weighted by Crippen LogP contribution is 2.19. The molecule has 0 unspecified atom stereocenters. The Morgan fingerprint density at radius 2 is 1.66 bits per heavy atom.